The van der Waals surface area contributed by atoms with Crippen LogP contribution in [0.25, 0.3) is 0 Å². The average Bonchev–Trinajstić information content (AvgIpc) is 2.88. The van der Waals surface area contributed by atoms with Crippen molar-refractivity contribution >= 4 is 12.2 Å². The Labute approximate surface area is 126 Å². The Bertz CT molecular complexity index is 488. The predicted molar refractivity (Wildman–Crippen MR) is 82.5 cm³/mol. The van der Waals surface area contributed by atoms with E-state index >= 15 is 0 Å². The van der Waals surface area contributed by atoms with Crippen molar-refractivity contribution in [1.29, 1.82) is 0 Å². The van der Waals surface area contributed by atoms with Crippen molar-refractivity contribution in [3.63, 3.8) is 0 Å². The average molecular weight is 292 g/mol. The first-order chi connectivity index (χ1) is 10.1. The van der Waals surface area contributed by atoms with E-state index in [0.29, 0.717) is 17.7 Å². The molecular weight excluding hydrogens is 268 g/mol. The molecule has 2 heterocycles. The molecule has 1 fully saturated rings. The SMILES string of the molecule is C=CC.CCN1CCN(C(=O)c2cc(C=O)nn2C)CC1. The molecule has 1 aliphatic heterocycles. The lowest BCUT2D eigenvalue weighted by Gasteiger charge is -2.33. The summed E-state index contributed by atoms with van der Waals surface area (Å²) in [4.78, 5) is 27.0. The zero-order valence-corrected chi connectivity index (χ0v) is 13.1. The molecule has 1 aromatic rings. The molecule has 116 valence electrons. The smallest absolute Gasteiger partial charge is 0.272 e. The van der Waals surface area contributed by atoms with E-state index in [-0.39, 0.29) is 5.91 Å². The maximum absolute atomic E-state index is 12.3. The lowest BCUT2D eigenvalue weighted by Crippen LogP contribution is -2.48. The number of likely N-dealkylation sites (N-methyl/N-ethyl adjacent to an activating group) is 1. The van der Waals surface area contributed by atoms with Gasteiger partial charge < -0.3 is 9.80 Å². The third-order valence-electron chi connectivity index (χ3n) is 3.35. The van der Waals surface area contributed by atoms with Gasteiger partial charge in [0, 0.05) is 33.2 Å². The summed E-state index contributed by atoms with van der Waals surface area (Å²) in [6.07, 6.45) is 2.41. The molecule has 0 unspecified atom stereocenters. The van der Waals surface area contributed by atoms with Crippen LogP contribution in [0.4, 0.5) is 0 Å². The number of aldehydes is 1. The van der Waals surface area contributed by atoms with Gasteiger partial charge in [0.1, 0.15) is 11.4 Å². The molecule has 0 bridgehead atoms. The quantitative estimate of drug-likeness (QED) is 0.620. The van der Waals surface area contributed by atoms with E-state index in [1.807, 2.05) is 11.8 Å². The molecular formula is C15H24N4O2. The Morgan fingerprint density at radius 1 is 1.38 bits per heavy atom. The van der Waals surface area contributed by atoms with E-state index < -0.39 is 0 Å². The van der Waals surface area contributed by atoms with Gasteiger partial charge >= 0.3 is 0 Å². The molecule has 0 spiro atoms. The number of hydrogen-bond donors (Lipinski definition) is 0. The number of hydrogen-bond acceptors (Lipinski definition) is 4. The van der Waals surface area contributed by atoms with Crippen LogP contribution in [-0.4, -0.2) is 64.5 Å². The summed E-state index contributed by atoms with van der Waals surface area (Å²) >= 11 is 0. The fourth-order valence-electron chi connectivity index (χ4n) is 2.18. The molecule has 0 radical (unpaired) electrons. The Hall–Kier alpha value is -1.95. The van der Waals surface area contributed by atoms with Crippen molar-refractivity contribution in [3.05, 3.63) is 30.1 Å². The van der Waals surface area contributed by atoms with Crippen LogP contribution in [0, 0.1) is 0 Å². The Balaban J connectivity index is 0.000000677. The monoisotopic (exact) mass is 292 g/mol. The van der Waals surface area contributed by atoms with E-state index in [9.17, 15) is 9.59 Å². The molecule has 1 aliphatic rings. The largest absolute Gasteiger partial charge is 0.335 e. The number of carbonyl (C=O) groups is 2. The van der Waals surface area contributed by atoms with Crippen LogP contribution >= 0.6 is 0 Å². The number of carbonyl (C=O) groups excluding carboxylic acids is 2. The fraction of sp³-hybridized carbons (Fsp3) is 0.533. The van der Waals surface area contributed by atoms with Gasteiger partial charge in [-0.1, -0.05) is 13.0 Å². The van der Waals surface area contributed by atoms with Crippen LogP contribution < -0.4 is 0 Å². The predicted octanol–water partition coefficient (Wildman–Crippen LogP) is 1.20. The van der Waals surface area contributed by atoms with Crippen molar-refractivity contribution in [2.24, 2.45) is 7.05 Å². The second-order valence-electron chi connectivity index (χ2n) is 4.83. The minimum Gasteiger partial charge on any atom is -0.335 e. The molecule has 1 aromatic heterocycles. The third-order valence-corrected chi connectivity index (χ3v) is 3.35. The van der Waals surface area contributed by atoms with Crippen LogP contribution in [0.3, 0.4) is 0 Å². The number of amides is 1. The molecule has 0 N–H and O–H groups in total. The van der Waals surface area contributed by atoms with Crippen LogP contribution in [0.1, 0.15) is 34.8 Å². The zero-order valence-electron chi connectivity index (χ0n) is 13.1. The zero-order chi connectivity index (χ0) is 15.8. The summed E-state index contributed by atoms with van der Waals surface area (Å²) < 4.78 is 1.47. The van der Waals surface area contributed by atoms with Gasteiger partial charge in [0.15, 0.2) is 6.29 Å². The summed E-state index contributed by atoms with van der Waals surface area (Å²) in [5.41, 5.74) is 0.773. The minimum atomic E-state index is -0.0474. The highest BCUT2D eigenvalue weighted by molar-refractivity contribution is 5.94. The first-order valence-electron chi connectivity index (χ1n) is 7.15. The van der Waals surface area contributed by atoms with E-state index in [1.165, 1.54) is 4.68 Å². The summed E-state index contributed by atoms with van der Waals surface area (Å²) in [5.74, 6) is -0.0474. The molecule has 1 saturated heterocycles. The van der Waals surface area contributed by atoms with Crippen molar-refractivity contribution in [2.45, 2.75) is 13.8 Å². The highest BCUT2D eigenvalue weighted by atomic mass is 16.2. The number of aryl methyl sites for hydroxylation is 1. The van der Waals surface area contributed by atoms with Crippen LogP contribution in [0.2, 0.25) is 0 Å². The summed E-state index contributed by atoms with van der Waals surface area (Å²) in [6, 6.07) is 1.54. The van der Waals surface area contributed by atoms with Crippen LogP contribution in [-0.2, 0) is 7.05 Å². The Kier molecular flexibility index (Phi) is 6.81. The summed E-state index contributed by atoms with van der Waals surface area (Å²) in [6.45, 7) is 11.7. The Morgan fingerprint density at radius 2 is 1.95 bits per heavy atom. The number of rotatable bonds is 3. The van der Waals surface area contributed by atoms with E-state index in [4.69, 9.17) is 0 Å². The number of nitrogens with zero attached hydrogens (tertiary/aromatic N) is 4. The topological polar surface area (TPSA) is 58.4 Å². The van der Waals surface area contributed by atoms with Gasteiger partial charge in [0.05, 0.1) is 0 Å². The second-order valence-corrected chi connectivity index (χ2v) is 4.83. The standard InChI is InChI=1S/C12H18N4O2.C3H6/c1-3-15-4-6-16(7-5-15)12(18)11-8-10(9-17)13-14(11)2;1-3-2/h8-9H,3-7H2,1-2H3;3H,1H2,2H3. The van der Waals surface area contributed by atoms with E-state index in [1.54, 1.807) is 19.2 Å². The van der Waals surface area contributed by atoms with Gasteiger partial charge in [0.25, 0.3) is 5.91 Å². The molecule has 6 heteroatoms. The van der Waals surface area contributed by atoms with Crippen molar-refractivity contribution in [1.82, 2.24) is 19.6 Å². The molecule has 0 saturated carbocycles. The first kappa shape index (κ1) is 17.1. The van der Waals surface area contributed by atoms with Crippen molar-refractivity contribution in [3.8, 4) is 0 Å². The van der Waals surface area contributed by atoms with Gasteiger partial charge in [-0.05, 0) is 19.5 Å². The molecule has 1 amide bonds. The van der Waals surface area contributed by atoms with Gasteiger partial charge in [-0.3, -0.25) is 14.3 Å². The molecule has 0 atom stereocenters. The lowest BCUT2D eigenvalue weighted by molar-refractivity contribution is 0.0632. The van der Waals surface area contributed by atoms with Crippen LogP contribution in [0.5, 0.6) is 0 Å². The number of allylic oxidation sites excluding steroid dienone is 1. The van der Waals surface area contributed by atoms with E-state index in [0.717, 1.165) is 32.7 Å². The highest BCUT2D eigenvalue weighted by Gasteiger charge is 2.23. The van der Waals surface area contributed by atoms with Crippen LogP contribution in [0.15, 0.2) is 18.7 Å². The van der Waals surface area contributed by atoms with Gasteiger partial charge in [0.2, 0.25) is 0 Å². The third kappa shape index (κ3) is 4.53. The normalized spacial score (nSPS) is 15.1. The van der Waals surface area contributed by atoms with Gasteiger partial charge in [-0.25, -0.2) is 0 Å². The van der Waals surface area contributed by atoms with Crippen molar-refractivity contribution < 1.29 is 9.59 Å². The Morgan fingerprint density at radius 3 is 2.38 bits per heavy atom. The number of aromatic nitrogens is 2. The van der Waals surface area contributed by atoms with E-state index in [2.05, 4.69) is 23.5 Å². The summed E-state index contributed by atoms with van der Waals surface area (Å²) in [7, 11) is 1.68. The van der Waals surface area contributed by atoms with Gasteiger partial charge in [-0.15, -0.1) is 6.58 Å². The fourth-order valence-corrected chi connectivity index (χ4v) is 2.18. The molecule has 0 aromatic carbocycles. The second kappa shape index (κ2) is 8.36. The molecule has 21 heavy (non-hydrogen) atoms. The maximum Gasteiger partial charge on any atom is 0.272 e. The van der Waals surface area contributed by atoms with Gasteiger partial charge in [-0.2, -0.15) is 5.10 Å². The maximum atomic E-state index is 12.3. The molecule has 6 nitrogen and oxygen atoms in total. The number of piperazine rings is 1. The first-order valence-corrected chi connectivity index (χ1v) is 7.15. The summed E-state index contributed by atoms with van der Waals surface area (Å²) in [5, 5.41) is 3.97. The van der Waals surface area contributed by atoms with Crippen molar-refractivity contribution in [2.75, 3.05) is 32.7 Å². The lowest BCUT2D eigenvalue weighted by atomic mass is 10.2. The minimum absolute atomic E-state index is 0.0474. The highest BCUT2D eigenvalue weighted by Crippen LogP contribution is 2.09. The molecule has 0 aliphatic carbocycles. The molecule has 2 rings (SSSR count).